The number of hydrogen-bond donors (Lipinski definition) is 1. The molecule has 8 heteroatoms. The molecular weight excluding hydrogens is 390 g/mol. The number of fused-ring (bicyclic) bond motifs is 1. The van der Waals surface area contributed by atoms with Crippen molar-refractivity contribution in [2.45, 2.75) is 39.8 Å². The van der Waals surface area contributed by atoms with Crippen LogP contribution >= 0.6 is 0 Å². The zero-order valence-corrected chi connectivity index (χ0v) is 17.9. The summed E-state index contributed by atoms with van der Waals surface area (Å²) < 4.78 is 31.5. The first-order valence-corrected chi connectivity index (χ1v) is 11.3. The van der Waals surface area contributed by atoms with Crippen molar-refractivity contribution < 1.29 is 17.9 Å². The summed E-state index contributed by atoms with van der Waals surface area (Å²) in [6.07, 6.45) is 2.80. The average Bonchev–Trinajstić information content (AvgIpc) is 2.72. The first kappa shape index (κ1) is 21.3. The van der Waals surface area contributed by atoms with Crippen molar-refractivity contribution in [3.63, 3.8) is 0 Å². The molecule has 1 N–H and O–H groups in total. The van der Waals surface area contributed by atoms with Crippen LogP contribution in [0, 0.1) is 6.92 Å². The molecule has 2 heterocycles. The van der Waals surface area contributed by atoms with Crippen LogP contribution in [0.4, 0.5) is 0 Å². The minimum absolute atomic E-state index is 0.0427. The fourth-order valence-electron chi connectivity index (χ4n) is 3.52. The lowest BCUT2D eigenvalue weighted by atomic mass is 9.94. The zero-order chi connectivity index (χ0) is 21.0. The van der Waals surface area contributed by atoms with E-state index >= 15 is 0 Å². The van der Waals surface area contributed by atoms with Crippen molar-refractivity contribution >= 4 is 15.9 Å². The lowest BCUT2D eigenvalue weighted by molar-refractivity contribution is -0.131. The van der Waals surface area contributed by atoms with Crippen LogP contribution in [-0.4, -0.2) is 43.6 Å². The van der Waals surface area contributed by atoms with E-state index in [2.05, 4.69) is 9.71 Å². The van der Waals surface area contributed by atoms with Gasteiger partial charge in [-0.15, -0.1) is 0 Å². The quantitative estimate of drug-likeness (QED) is 0.744. The van der Waals surface area contributed by atoms with Crippen LogP contribution in [0.25, 0.3) is 0 Å². The number of ether oxygens (including phenoxy) is 1. The van der Waals surface area contributed by atoms with E-state index in [1.54, 1.807) is 20.2 Å². The minimum atomic E-state index is -3.28. The number of carbonyl (C=O) groups excluding carboxylic acids is 1. The number of nitrogens with one attached hydrogen (secondary N) is 1. The number of nitrogens with zero attached hydrogens (tertiary/aromatic N) is 2. The molecule has 0 atom stereocenters. The summed E-state index contributed by atoms with van der Waals surface area (Å²) in [5.41, 5.74) is 4.73. The molecule has 0 spiro atoms. The monoisotopic (exact) mass is 417 g/mol. The van der Waals surface area contributed by atoms with E-state index in [-0.39, 0.29) is 18.2 Å². The van der Waals surface area contributed by atoms with E-state index in [1.165, 1.54) is 0 Å². The highest BCUT2D eigenvalue weighted by Crippen LogP contribution is 2.25. The molecule has 0 fully saturated rings. The summed E-state index contributed by atoms with van der Waals surface area (Å²) in [6, 6.07) is 7.52. The summed E-state index contributed by atoms with van der Waals surface area (Å²) in [5, 5.41) is 0. The third-order valence-corrected chi connectivity index (χ3v) is 6.63. The summed E-state index contributed by atoms with van der Waals surface area (Å²) >= 11 is 0. The van der Waals surface area contributed by atoms with E-state index in [9.17, 15) is 13.2 Å². The largest absolute Gasteiger partial charge is 0.497 e. The third-order valence-electron chi connectivity index (χ3n) is 5.29. The summed E-state index contributed by atoms with van der Waals surface area (Å²) in [4.78, 5) is 19.1. The van der Waals surface area contributed by atoms with Crippen LogP contribution in [0.5, 0.6) is 5.75 Å². The molecular formula is C21H27N3O4S. The van der Waals surface area contributed by atoms with E-state index in [0.29, 0.717) is 25.9 Å². The summed E-state index contributed by atoms with van der Waals surface area (Å²) in [7, 11) is -1.67. The van der Waals surface area contributed by atoms with Gasteiger partial charge in [0.1, 0.15) is 5.75 Å². The maximum atomic E-state index is 12.8. The molecule has 1 aromatic carbocycles. The van der Waals surface area contributed by atoms with E-state index in [0.717, 1.165) is 33.7 Å². The Bertz CT molecular complexity index is 1000. The maximum Gasteiger partial charge on any atom is 0.227 e. The van der Waals surface area contributed by atoms with Crippen molar-refractivity contribution in [2.75, 3.05) is 19.4 Å². The van der Waals surface area contributed by atoms with Gasteiger partial charge in [-0.2, -0.15) is 0 Å². The van der Waals surface area contributed by atoms with Gasteiger partial charge in [0.2, 0.25) is 15.9 Å². The molecule has 0 saturated heterocycles. The summed E-state index contributed by atoms with van der Waals surface area (Å²) in [5.74, 6) is 0.831. The number of methoxy groups -OCH3 is 1. The van der Waals surface area contributed by atoms with Gasteiger partial charge in [0.05, 0.1) is 19.3 Å². The molecule has 0 saturated carbocycles. The first-order chi connectivity index (χ1) is 13.8. The molecule has 0 bridgehead atoms. The van der Waals surface area contributed by atoms with Crippen molar-refractivity contribution in [3.05, 3.63) is 58.4 Å². The molecule has 3 rings (SSSR count). The van der Waals surface area contributed by atoms with Crippen LogP contribution in [0.2, 0.25) is 0 Å². The molecule has 1 amide bonds. The van der Waals surface area contributed by atoms with Gasteiger partial charge >= 0.3 is 0 Å². The van der Waals surface area contributed by atoms with Crippen LogP contribution in [0.3, 0.4) is 0 Å². The number of hydrogen-bond acceptors (Lipinski definition) is 5. The standard InChI is InChI=1S/C21H27N3O4S/c1-4-29(26,27)23-13-20-15(2)22-12-17-14-24(9-8-19(17)20)21(25)11-16-6-5-7-18(10-16)28-3/h5-7,10,12,23H,4,8-9,11,13-14H2,1-3H3. The Balaban J connectivity index is 1.73. The van der Waals surface area contributed by atoms with Crippen LogP contribution in [-0.2, 0) is 40.7 Å². The van der Waals surface area contributed by atoms with Gasteiger partial charge in [-0.1, -0.05) is 12.1 Å². The number of rotatable bonds is 7. The second kappa shape index (κ2) is 8.92. The molecule has 2 aromatic rings. The molecule has 156 valence electrons. The van der Waals surface area contributed by atoms with Gasteiger partial charge in [0.25, 0.3) is 0 Å². The smallest absolute Gasteiger partial charge is 0.227 e. The predicted molar refractivity (Wildman–Crippen MR) is 111 cm³/mol. The van der Waals surface area contributed by atoms with Gasteiger partial charge in [-0.25, -0.2) is 13.1 Å². The van der Waals surface area contributed by atoms with Crippen LogP contribution in [0.15, 0.2) is 30.5 Å². The Labute approximate surface area is 172 Å². The Hall–Kier alpha value is -2.45. The Morgan fingerprint density at radius 2 is 2.14 bits per heavy atom. The Morgan fingerprint density at radius 1 is 1.34 bits per heavy atom. The number of carbonyl (C=O) groups is 1. The van der Waals surface area contributed by atoms with Crippen LogP contribution < -0.4 is 9.46 Å². The second-order valence-corrected chi connectivity index (χ2v) is 9.24. The Kier molecular flexibility index (Phi) is 6.54. The molecule has 1 aromatic heterocycles. The third kappa shape index (κ3) is 5.13. The number of aryl methyl sites for hydroxylation is 1. The van der Waals surface area contributed by atoms with E-state index in [1.807, 2.05) is 36.1 Å². The maximum absolute atomic E-state index is 12.8. The molecule has 0 aliphatic carbocycles. The molecule has 1 aliphatic heterocycles. The fraction of sp³-hybridized carbons (Fsp3) is 0.429. The highest BCUT2D eigenvalue weighted by atomic mass is 32.2. The van der Waals surface area contributed by atoms with E-state index < -0.39 is 10.0 Å². The number of pyridine rings is 1. The lowest BCUT2D eigenvalue weighted by Gasteiger charge is -2.30. The van der Waals surface area contributed by atoms with Gasteiger partial charge < -0.3 is 9.64 Å². The van der Waals surface area contributed by atoms with Gasteiger partial charge in [-0.3, -0.25) is 9.78 Å². The highest BCUT2D eigenvalue weighted by molar-refractivity contribution is 7.89. The minimum Gasteiger partial charge on any atom is -0.497 e. The van der Waals surface area contributed by atoms with Crippen molar-refractivity contribution in [2.24, 2.45) is 0 Å². The van der Waals surface area contributed by atoms with Crippen molar-refractivity contribution in [1.29, 1.82) is 0 Å². The molecule has 0 radical (unpaired) electrons. The van der Waals surface area contributed by atoms with Gasteiger partial charge in [0.15, 0.2) is 0 Å². The summed E-state index contributed by atoms with van der Waals surface area (Å²) in [6.45, 7) is 4.82. The highest BCUT2D eigenvalue weighted by Gasteiger charge is 2.24. The van der Waals surface area contributed by atoms with Gasteiger partial charge in [0, 0.05) is 31.5 Å². The number of aromatic nitrogens is 1. The zero-order valence-electron chi connectivity index (χ0n) is 17.1. The van der Waals surface area contributed by atoms with Crippen molar-refractivity contribution in [1.82, 2.24) is 14.6 Å². The molecule has 0 unspecified atom stereocenters. The normalized spacial score (nSPS) is 13.8. The van der Waals surface area contributed by atoms with E-state index in [4.69, 9.17) is 4.74 Å². The predicted octanol–water partition coefficient (Wildman–Crippen LogP) is 1.97. The van der Waals surface area contributed by atoms with Gasteiger partial charge in [-0.05, 0) is 54.7 Å². The average molecular weight is 418 g/mol. The molecule has 29 heavy (non-hydrogen) atoms. The first-order valence-electron chi connectivity index (χ1n) is 9.67. The lowest BCUT2D eigenvalue weighted by Crippen LogP contribution is -2.38. The molecule has 1 aliphatic rings. The topological polar surface area (TPSA) is 88.6 Å². The van der Waals surface area contributed by atoms with Crippen LogP contribution in [0.1, 0.15) is 34.9 Å². The number of sulfonamides is 1. The molecule has 7 nitrogen and oxygen atoms in total. The number of amides is 1. The Morgan fingerprint density at radius 3 is 2.86 bits per heavy atom. The fourth-order valence-corrected chi connectivity index (χ4v) is 4.09. The number of benzene rings is 1. The second-order valence-electron chi connectivity index (χ2n) is 7.14. The SMILES string of the molecule is CCS(=O)(=O)NCc1c(C)ncc2c1CCN(C(=O)Cc1cccc(OC)c1)C2. The van der Waals surface area contributed by atoms with Crippen molar-refractivity contribution in [3.8, 4) is 5.75 Å².